The van der Waals surface area contributed by atoms with Crippen molar-refractivity contribution >= 4 is 38.7 Å². The minimum absolute atomic E-state index is 0.250. The summed E-state index contributed by atoms with van der Waals surface area (Å²) in [6.45, 7) is 1.89. The lowest BCUT2D eigenvalue weighted by atomic mass is 10.0. The fourth-order valence-corrected chi connectivity index (χ4v) is 5.67. The highest BCUT2D eigenvalue weighted by atomic mass is 32.2. The number of benzene rings is 1. The van der Waals surface area contributed by atoms with Gasteiger partial charge < -0.3 is 14.6 Å². The Hall–Kier alpha value is -2.36. The van der Waals surface area contributed by atoms with Gasteiger partial charge in [-0.25, -0.2) is 8.42 Å². The molecule has 2 aromatic rings. The van der Waals surface area contributed by atoms with Crippen molar-refractivity contribution < 1.29 is 8.42 Å². The maximum Gasteiger partial charge on any atom is 0.264 e. The molecule has 9 heteroatoms. The van der Waals surface area contributed by atoms with Gasteiger partial charge in [0.1, 0.15) is 4.91 Å². The van der Waals surface area contributed by atoms with E-state index in [4.69, 9.17) is 0 Å². The molecule has 0 spiro atoms. The summed E-state index contributed by atoms with van der Waals surface area (Å²) in [6.07, 6.45) is 7.83. The van der Waals surface area contributed by atoms with Crippen molar-refractivity contribution in [1.29, 1.82) is 0 Å². The van der Waals surface area contributed by atoms with E-state index in [1.165, 1.54) is 23.4 Å². The molecule has 0 saturated carbocycles. The molecule has 0 aliphatic carbocycles. The van der Waals surface area contributed by atoms with Gasteiger partial charge in [-0.2, -0.15) is 0 Å². The Bertz CT molecular complexity index is 1130. The zero-order chi connectivity index (χ0) is 18.6. The second-order valence-electron chi connectivity index (χ2n) is 6.87. The first-order valence-corrected chi connectivity index (χ1v) is 10.9. The normalized spacial score (nSPS) is 19.4. The van der Waals surface area contributed by atoms with Crippen molar-refractivity contribution in [3.8, 4) is 0 Å². The summed E-state index contributed by atoms with van der Waals surface area (Å²) < 4.78 is 33.4. The second-order valence-corrected chi connectivity index (χ2v) is 9.34. The number of allylic oxidation sites excluding steroid dienone is 2. The van der Waals surface area contributed by atoms with E-state index in [1.807, 2.05) is 18.3 Å². The number of hydrogen-bond acceptors (Lipinski definition) is 6. The van der Waals surface area contributed by atoms with Crippen LogP contribution >= 0.6 is 12.1 Å². The summed E-state index contributed by atoms with van der Waals surface area (Å²) in [5, 5.41) is 1.09. The molecule has 0 fully saturated rings. The van der Waals surface area contributed by atoms with Crippen LogP contribution in [0.3, 0.4) is 0 Å². The van der Waals surface area contributed by atoms with Crippen LogP contribution in [0.1, 0.15) is 11.3 Å². The predicted molar refractivity (Wildman–Crippen MR) is 109 cm³/mol. The third-order valence-corrected chi connectivity index (χ3v) is 7.18. The number of aromatic amines is 1. The minimum atomic E-state index is -3.69. The molecule has 3 aliphatic heterocycles. The van der Waals surface area contributed by atoms with E-state index in [1.54, 1.807) is 28.7 Å². The molecule has 3 aliphatic rings. The van der Waals surface area contributed by atoms with Gasteiger partial charge in [0.25, 0.3) is 10.0 Å². The van der Waals surface area contributed by atoms with Crippen LogP contribution in [-0.2, 0) is 23.0 Å². The molecule has 0 radical (unpaired) electrons. The number of rotatable bonds is 3. The number of nitrogens with zero attached hydrogens (tertiary/aromatic N) is 2. The SMILES string of the molecule is CN1CCc2c([nH]c3ccc(NS(=O)(=O)C4=CC=CN5SNC=C45)cc23)C1. The van der Waals surface area contributed by atoms with Gasteiger partial charge in [0.15, 0.2) is 0 Å². The molecule has 7 nitrogen and oxygen atoms in total. The van der Waals surface area contributed by atoms with E-state index in [0.717, 1.165) is 30.4 Å². The topological polar surface area (TPSA) is 80.5 Å². The molecule has 5 rings (SSSR count). The molecular weight excluding hydrogens is 382 g/mol. The first-order chi connectivity index (χ1) is 13.0. The summed E-state index contributed by atoms with van der Waals surface area (Å²) in [7, 11) is -1.59. The molecule has 3 N–H and O–H groups in total. The van der Waals surface area contributed by atoms with E-state index in [-0.39, 0.29) is 4.91 Å². The molecule has 0 amide bonds. The van der Waals surface area contributed by atoms with Gasteiger partial charge in [-0.3, -0.25) is 9.03 Å². The van der Waals surface area contributed by atoms with Crippen LogP contribution in [0.2, 0.25) is 0 Å². The molecule has 0 unspecified atom stereocenters. The van der Waals surface area contributed by atoms with E-state index in [0.29, 0.717) is 11.4 Å². The number of aromatic nitrogens is 1. The molecule has 0 bridgehead atoms. The lowest BCUT2D eigenvalue weighted by Gasteiger charge is -2.22. The largest absolute Gasteiger partial charge is 0.357 e. The molecule has 140 valence electrons. The summed E-state index contributed by atoms with van der Waals surface area (Å²) in [6, 6.07) is 5.68. The van der Waals surface area contributed by atoms with Crippen LogP contribution in [0.4, 0.5) is 5.69 Å². The average molecular weight is 402 g/mol. The lowest BCUT2D eigenvalue weighted by Crippen LogP contribution is -2.26. The summed E-state index contributed by atoms with van der Waals surface area (Å²) in [5.41, 5.74) is 4.74. The van der Waals surface area contributed by atoms with Gasteiger partial charge in [-0.15, -0.1) is 0 Å². The maximum atomic E-state index is 13.0. The third kappa shape index (κ3) is 2.82. The fraction of sp³-hybridized carbons (Fsp3) is 0.222. The average Bonchev–Trinajstić information content (AvgIpc) is 3.24. The fourth-order valence-electron chi connectivity index (χ4n) is 3.71. The highest BCUT2D eigenvalue weighted by Gasteiger charge is 2.29. The minimum Gasteiger partial charge on any atom is -0.357 e. The van der Waals surface area contributed by atoms with Crippen LogP contribution < -0.4 is 9.44 Å². The number of nitrogens with one attached hydrogen (secondary N) is 3. The quantitative estimate of drug-likeness (QED) is 0.686. The zero-order valence-corrected chi connectivity index (χ0v) is 16.3. The molecule has 0 atom stereocenters. The predicted octanol–water partition coefficient (Wildman–Crippen LogP) is 2.62. The molecular formula is C18H19N5O2S2. The monoisotopic (exact) mass is 401 g/mol. The zero-order valence-electron chi connectivity index (χ0n) is 14.7. The van der Waals surface area contributed by atoms with E-state index in [2.05, 4.69) is 26.4 Å². The standard InChI is InChI=1S/C18H19N5O2S2/c1-22-8-6-13-14-9-12(4-5-15(14)20-16(13)11-22)21-27(24,25)18-3-2-7-23-17(18)10-19-26-23/h2-5,7,9-10,19-21H,6,8,11H2,1H3. The third-order valence-electron chi connectivity index (χ3n) is 5.01. The Morgan fingerprint density at radius 1 is 1.30 bits per heavy atom. The molecule has 1 aromatic carbocycles. The van der Waals surface area contributed by atoms with Crippen molar-refractivity contribution in [3.63, 3.8) is 0 Å². The Labute approximate surface area is 162 Å². The molecule has 1 aromatic heterocycles. The molecule has 0 saturated heterocycles. The summed E-state index contributed by atoms with van der Waals surface area (Å²) in [5.74, 6) is 0. The number of hydrogen-bond donors (Lipinski definition) is 3. The summed E-state index contributed by atoms with van der Waals surface area (Å²) in [4.78, 5) is 5.99. The first-order valence-electron chi connectivity index (χ1n) is 8.67. The van der Waals surface area contributed by atoms with Crippen molar-refractivity contribution in [1.82, 2.24) is 18.9 Å². The van der Waals surface area contributed by atoms with Crippen molar-refractivity contribution in [2.45, 2.75) is 13.0 Å². The van der Waals surface area contributed by atoms with Gasteiger partial charge in [0.05, 0.1) is 17.8 Å². The number of likely N-dealkylation sites (N-methyl/N-ethyl adjacent to an activating group) is 1. The number of sulfonamides is 1. The van der Waals surface area contributed by atoms with Crippen molar-refractivity contribution in [2.75, 3.05) is 18.3 Å². The van der Waals surface area contributed by atoms with Crippen LogP contribution in [0.15, 0.2) is 53.4 Å². The Morgan fingerprint density at radius 3 is 3.07 bits per heavy atom. The number of anilines is 1. The van der Waals surface area contributed by atoms with Crippen LogP contribution in [0.25, 0.3) is 10.9 Å². The van der Waals surface area contributed by atoms with Gasteiger partial charge in [0.2, 0.25) is 0 Å². The highest BCUT2D eigenvalue weighted by molar-refractivity contribution is 7.97. The van der Waals surface area contributed by atoms with E-state index < -0.39 is 10.0 Å². The van der Waals surface area contributed by atoms with Gasteiger partial charge in [-0.05, 0) is 49.4 Å². The van der Waals surface area contributed by atoms with Crippen LogP contribution in [-0.4, -0.2) is 36.2 Å². The smallest absolute Gasteiger partial charge is 0.264 e. The van der Waals surface area contributed by atoms with E-state index in [9.17, 15) is 8.42 Å². The lowest BCUT2D eigenvalue weighted by molar-refractivity contribution is 0.310. The first kappa shape index (κ1) is 16.8. The van der Waals surface area contributed by atoms with Gasteiger partial charge >= 0.3 is 0 Å². The Balaban J connectivity index is 1.49. The van der Waals surface area contributed by atoms with Crippen LogP contribution in [0.5, 0.6) is 0 Å². The van der Waals surface area contributed by atoms with E-state index >= 15 is 0 Å². The van der Waals surface area contributed by atoms with Gasteiger partial charge in [-0.1, -0.05) is 0 Å². The number of fused-ring (bicyclic) bond motifs is 4. The van der Waals surface area contributed by atoms with Gasteiger partial charge in [0, 0.05) is 47.8 Å². The maximum absolute atomic E-state index is 13.0. The van der Waals surface area contributed by atoms with Crippen LogP contribution in [0, 0.1) is 0 Å². The second kappa shape index (κ2) is 6.08. The van der Waals surface area contributed by atoms with Crippen molar-refractivity contribution in [3.05, 3.63) is 64.6 Å². The Kier molecular flexibility index (Phi) is 3.78. The molecule has 4 heterocycles. The molecule has 27 heavy (non-hydrogen) atoms. The summed E-state index contributed by atoms with van der Waals surface area (Å²) >= 11 is 1.33. The number of H-pyrrole nitrogens is 1. The Morgan fingerprint density at radius 2 is 2.19 bits per heavy atom. The van der Waals surface area contributed by atoms with Crippen molar-refractivity contribution in [2.24, 2.45) is 0 Å². The highest BCUT2D eigenvalue weighted by Crippen LogP contribution is 2.35.